The number of nitrogens with two attached hydrogens (primary N) is 1. The molecule has 0 atom stereocenters. The molecule has 1 aromatic rings. The van der Waals surface area contributed by atoms with Crippen LogP contribution in [-0.2, 0) is 10.0 Å². The SMILES string of the molecule is CCC(CC)Nc1ccc(S(=O)(=O)NC)cc1N. The van der Waals surface area contributed by atoms with Crippen LogP contribution in [-0.4, -0.2) is 21.5 Å². The van der Waals surface area contributed by atoms with Crippen LogP contribution in [0.4, 0.5) is 11.4 Å². The molecule has 18 heavy (non-hydrogen) atoms. The summed E-state index contributed by atoms with van der Waals surface area (Å²) < 4.78 is 25.5. The maximum atomic E-state index is 11.6. The van der Waals surface area contributed by atoms with Crippen molar-refractivity contribution in [2.24, 2.45) is 0 Å². The molecule has 0 bridgehead atoms. The van der Waals surface area contributed by atoms with Gasteiger partial charge in [-0.25, -0.2) is 13.1 Å². The maximum Gasteiger partial charge on any atom is 0.240 e. The lowest BCUT2D eigenvalue weighted by atomic mass is 10.1. The normalized spacial score (nSPS) is 11.8. The van der Waals surface area contributed by atoms with Crippen molar-refractivity contribution in [3.8, 4) is 0 Å². The number of anilines is 2. The molecule has 6 heteroatoms. The van der Waals surface area contributed by atoms with Crippen molar-refractivity contribution in [2.45, 2.75) is 37.6 Å². The summed E-state index contributed by atoms with van der Waals surface area (Å²) in [6.45, 7) is 4.19. The van der Waals surface area contributed by atoms with Crippen LogP contribution in [0.3, 0.4) is 0 Å². The van der Waals surface area contributed by atoms with Gasteiger partial charge in [0.2, 0.25) is 10.0 Å². The van der Waals surface area contributed by atoms with Gasteiger partial charge in [0.25, 0.3) is 0 Å². The van der Waals surface area contributed by atoms with Gasteiger partial charge in [0.15, 0.2) is 0 Å². The lowest BCUT2D eigenvalue weighted by Crippen LogP contribution is -2.20. The summed E-state index contributed by atoms with van der Waals surface area (Å²) in [6.07, 6.45) is 1.99. The summed E-state index contributed by atoms with van der Waals surface area (Å²) >= 11 is 0. The predicted octanol–water partition coefficient (Wildman–Crippen LogP) is 1.78. The van der Waals surface area contributed by atoms with E-state index in [1.807, 2.05) is 0 Å². The predicted molar refractivity (Wildman–Crippen MR) is 75.1 cm³/mol. The standard InChI is InChI=1S/C12H21N3O2S/c1-4-9(5-2)15-12-7-6-10(8-11(12)13)18(16,17)14-3/h6-9,14-15H,4-5,13H2,1-3H3. The molecular weight excluding hydrogens is 250 g/mol. The molecule has 0 saturated heterocycles. The lowest BCUT2D eigenvalue weighted by molar-refractivity contribution is 0.588. The highest BCUT2D eigenvalue weighted by Crippen LogP contribution is 2.24. The topological polar surface area (TPSA) is 84.2 Å². The van der Waals surface area contributed by atoms with Gasteiger partial charge in [0.1, 0.15) is 0 Å². The third-order valence-electron chi connectivity index (χ3n) is 2.95. The second-order valence-electron chi connectivity index (χ2n) is 4.11. The van der Waals surface area contributed by atoms with Crippen LogP contribution < -0.4 is 15.8 Å². The molecule has 0 aliphatic carbocycles. The average Bonchev–Trinajstić information content (AvgIpc) is 2.37. The van der Waals surface area contributed by atoms with E-state index in [1.165, 1.54) is 13.1 Å². The van der Waals surface area contributed by atoms with Crippen molar-refractivity contribution in [1.82, 2.24) is 4.72 Å². The second-order valence-corrected chi connectivity index (χ2v) is 6.00. The summed E-state index contributed by atoms with van der Waals surface area (Å²) in [7, 11) is -2.06. The Balaban J connectivity index is 3.00. The molecule has 0 fully saturated rings. The first-order valence-electron chi connectivity index (χ1n) is 6.04. The van der Waals surface area contributed by atoms with Crippen LogP contribution >= 0.6 is 0 Å². The highest BCUT2D eigenvalue weighted by Gasteiger charge is 2.13. The Kier molecular flexibility index (Phi) is 4.98. The fraction of sp³-hybridized carbons (Fsp3) is 0.500. The Labute approximate surface area is 109 Å². The molecule has 0 heterocycles. The zero-order chi connectivity index (χ0) is 13.8. The van der Waals surface area contributed by atoms with Crippen LogP contribution in [0.2, 0.25) is 0 Å². The van der Waals surface area contributed by atoms with Crippen molar-refractivity contribution >= 4 is 21.4 Å². The van der Waals surface area contributed by atoms with E-state index in [2.05, 4.69) is 23.9 Å². The summed E-state index contributed by atoms with van der Waals surface area (Å²) in [4.78, 5) is 0.178. The van der Waals surface area contributed by atoms with Crippen molar-refractivity contribution in [3.05, 3.63) is 18.2 Å². The summed E-state index contributed by atoms with van der Waals surface area (Å²) in [5, 5.41) is 3.30. The van der Waals surface area contributed by atoms with Gasteiger partial charge in [-0.2, -0.15) is 0 Å². The van der Waals surface area contributed by atoms with Crippen LogP contribution in [0.1, 0.15) is 26.7 Å². The van der Waals surface area contributed by atoms with Crippen LogP contribution in [0.25, 0.3) is 0 Å². The number of benzene rings is 1. The average molecular weight is 271 g/mol. The molecule has 0 unspecified atom stereocenters. The van der Waals surface area contributed by atoms with Gasteiger partial charge < -0.3 is 11.1 Å². The maximum absolute atomic E-state index is 11.6. The third kappa shape index (κ3) is 3.36. The van der Waals surface area contributed by atoms with E-state index in [4.69, 9.17) is 5.73 Å². The van der Waals surface area contributed by atoms with E-state index in [9.17, 15) is 8.42 Å². The van der Waals surface area contributed by atoms with Crippen LogP contribution in [0, 0.1) is 0 Å². The molecule has 0 aliphatic heterocycles. The molecule has 0 saturated carbocycles. The Hall–Kier alpha value is -1.27. The number of nitrogen functional groups attached to an aromatic ring is 1. The summed E-state index contributed by atoms with van der Waals surface area (Å²) in [5.41, 5.74) is 7.10. The molecule has 0 amide bonds. The van der Waals surface area contributed by atoms with Gasteiger partial charge in [-0.15, -0.1) is 0 Å². The zero-order valence-corrected chi connectivity index (χ0v) is 11.8. The Morgan fingerprint density at radius 3 is 2.33 bits per heavy atom. The van der Waals surface area contributed by atoms with Gasteiger partial charge in [-0.3, -0.25) is 0 Å². The van der Waals surface area contributed by atoms with Gasteiger partial charge in [0, 0.05) is 6.04 Å². The molecule has 1 aromatic carbocycles. The van der Waals surface area contributed by atoms with Crippen molar-refractivity contribution in [1.29, 1.82) is 0 Å². The highest BCUT2D eigenvalue weighted by atomic mass is 32.2. The van der Waals surface area contributed by atoms with Crippen molar-refractivity contribution in [3.63, 3.8) is 0 Å². The Morgan fingerprint density at radius 2 is 1.89 bits per heavy atom. The molecule has 102 valence electrons. The molecular formula is C12H21N3O2S. The largest absolute Gasteiger partial charge is 0.397 e. The van der Waals surface area contributed by atoms with E-state index in [-0.39, 0.29) is 4.90 Å². The first kappa shape index (κ1) is 14.8. The van der Waals surface area contributed by atoms with Gasteiger partial charge in [-0.1, -0.05) is 13.8 Å². The minimum atomic E-state index is -3.43. The van der Waals surface area contributed by atoms with Gasteiger partial charge >= 0.3 is 0 Å². The highest BCUT2D eigenvalue weighted by molar-refractivity contribution is 7.89. The molecule has 0 radical (unpaired) electrons. The van der Waals surface area contributed by atoms with E-state index in [1.54, 1.807) is 12.1 Å². The smallest absolute Gasteiger partial charge is 0.240 e. The molecule has 4 N–H and O–H groups in total. The Morgan fingerprint density at radius 1 is 1.28 bits per heavy atom. The second kappa shape index (κ2) is 6.06. The number of rotatable bonds is 6. The van der Waals surface area contributed by atoms with Crippen molar-refractivity contribution in [2.75, 3.05) is 18.1 Å². The number of hydrogen-bond acceptors (Lipinski definition) is 4. The molecule has 0 spiro atoms. The first-order valence-corrected chi connectivity index (χ1v) is 7.52. The monoisotopic (exact) mass is 271 g/mol. The molecule has 5 nitrogen and oxygen atoms in total. The van der Waals surface area contributed by atoms with Crippen LogP contribution in [0.5, 0.6) is 0 Å². The molecule has 1 rings (SSSR count). The summed E-state index contributed by atoms with van der Waals surface area (Å²) in [5.74, 6) is 0. The lowest BCUT2D eigenvalue weighted by Gasteiger charge is -2.18. The van der Waals surface area contributed by atoms with E-state index in [0.29, 0.717) is 11.7 Å². The fourth-order valence-electron chi connectivity index (χ4n) is 1.67. The van der Waals surface area contributed by atoms with E-state index < -0.39 is 10.0 Å². The molecule has 0 aliphatic rings. The quantitative estimate of drug-likeness (QED) is 0.689. The first-order chi connectivity index (χ1) is 8.44. The van der Waals surface area contributed by atoms with Crippen molar-refractivity contribution < 1.29 is 8.42 Å². The Bertz CT molecular complexity index is 496. The minimum Gasteiger partial charge on any atom is -0.397 e. The number of nitrogens with one attached hydrogen (secondary N) is 2. The molecule has 0 aromatic heterocycles. The number of hydrogen-bond donors (Lipinski definition) is 3. The summed E-state index contributed by atoms with van der Waals surface area (Å²) in [6, 6.07) is 5.07. The third-order valence-corrected chi connectivity index (χ3v) is 4.36. The fourth-order valence-corrected chi connectivity index (χ4v) is 2.43. The van der Waals surface area contributed by atoms with Crippen LogP contribution in [0.15, 0.2) is 23.1 Å². The van der Waals surface area contributed by atoms with Gasteiger partial charge in [0.05, 0.1) is 16.3 Å². The van der Waals surface area contributed by atoms with E-state index >= 15 is 0 Å². The zero-order valence-electron chi connectivity index (χ0n) is 11.0. The number of sulfonamides is 1. The van der Waals surface area contributed by atoms with E-state index in [0.717, 1.165) is 18.5 Å². The minimum absolute atomic E-state index is 0.178. The van der Waals surface area contributed by atoms with Gasteiger partial charge in [-0.05, 0) is 38.1 Å².